The normalized spacial score (nSPS) is 15.5. The van der Waals surface area contributed by atoms with Crippen LogP contribution in [0.5, 0.6) is 0 Å². The maximum atomic E-state index is 12.7. The molecule has 1 fully saturated rings. The van der Waals surface area contributed by atoms with E-state index in [2.05, 4.69) is 10.6 Å². The Balaban J connectivity index is 1.68. The molecule has 3 rings (SSSR count). The lowest BCUT2D eigenvalue weighted by molar-refractivity contribution is -0.124. The first-order valence-electron chi connectivity index (χ1n) is 10.2. The molecular formula is C23H27N3O4. The molecule has 0 aromatic heterocycles. The molecule has 2 aromatic carbocycles. The van der Waals surface area contributed by atoms with Crippen LogP contribution in [0.25, 0.3) is 0 Å². The zero-order valence-electron chi connectivity index (χ0n) is 17.3. The van der Waals surface area contributed by atoms with Crippen molar-refractivity contribution in [2.45, 2.75) is 32.8 Å². The van der Waals surface area contributed by atoms with Crippen molar-refractivity contribution in [2.24, 2.45) is 0 Å². The predicted molar refractivity (Wildman–Crippen MR) is 116 cm³/mol. The summed E-state index contributed by atoms with van der Waals surface area (Å²) in [5.41, 5.74) is 2.00. The molecule has 2 N–H and O–H groups in total. The van der Waals surface area contributed by atoms with Crippen molar-refractivity contribution in [1.82, 2.24) is 4.90 Å². The highest BCUT2D eigenvalue weighted by Crippen LogP contribution is 2.18. The lowest BCUT2D eigenvalue weighted by Crippen LogP contribution is -2.30. The average molecular weight is 409 g/mol. The van der Waals surface area contributed by atoms with Gasteiger partial charge in [0.1, 0.15) is 6.10 Å². The Morgan fingerprint density at radius 3 is 2.23 bits per heavy atom. The van der Waals surface area contributed by atoms with Crippen molar-refractivity contribution in [1.29, 1.82) is 0 Å². The van der Waals surface area contributed by atoms with Crippen LogP contribution in [0.15, 0.2) is 48.5 Å². The standard InChI is InChI=1S/C23H27N3O4/c1-3-26(4-2)23(29)17-9-6-11-19(15-17)24-21(27)16-8-5-10-18(14-16)25-22(28)20-12-7-13-30-20/h5-6,8-11,14-15,20H,3-4,7,12-13H2,1-2H3,(H,24,27)(H,25,28). The maximum absolute atomic E-state index is 12.7. The van der Waals surface area contributed by atoms with Gasteiger partial charge in [0.2, 0.25) is 0 Å². The van der Waals surface area contributed by atoms with Gasteiger partial charge in [0.15, 0.2) is 0 Å². The highest BCUT2D eigenvalue weighted by molar-refractivity contribution is 6.06. The SMILES string of the molecule is CCN(CC)C(=O)c1cccc(NC(=O)c2cccc(NC(=O)C3CCCO3)c2)c1. The molecule has 2 aromatic rings. The van der Waals surface area contributed by atoms with Crippen LogP contribution in [0.4, 0.5) is 11.4 Å². The number of anilines is 2. The van der Waals surface area contributed by atoms with Gasteiger partial charge in [0.05, 0.1) is 0 Å². The summed E-state index contributed by atoms with van der Waals surface area (Å²) >= 11 is 0. The van der Waals surface area contributed by atoms with Crippen molar-refractivity contribution >= 4 is 29.1 Å². The zero-order valence-corrected chi connectivity index (χ0v) is 17.3. The molecule has 0 bridgehead atoms. The second kappa shape index (κ2) is 10.0. The first-order chi connectivity index (χ1) is 14.5. The van der Waals surface area contributed by atoms with Gasteiger partial charge in [0.25, 0.3) is 17.7 Å². The van der Waals surface area contributed by atoms with Gasteiger partial charge in [-0.15, -0.1) is 0 Å². The quantitative estimate of drug-likeness (QED) is 0.732. The first-order valence-corrected chi connectivity index (χ1v) is 10.2. The largest absolute Gasteiger partial charge is 0.368 e. The number of ether oxygens (including phenoxy) is 1. The van der Waals surface area contributed by atoms with Gasteiger partial charge in [-0.3, -0.25) is 14.4 Å². The number of carbonyl (C=O) groups excluding carboxylic acids is 3. The zero-order chi connectivity index (χ0) is 21.5. The van der Waals surface area contributed by atoms with Crippen molar-refractivity contribution < 1.29 is 19.1 Å². The van der Waals surface area contributed by atoms with Crippen LogP contribution in [-0.4, -0.2) is 48.4 Å². The van der Waals surface area contributed by atoms with E-state index in [4.69, 9.17) is 4.74 Å². The van der Waals surface area contributed by atoms with Crippen molar-refractivity contribution in [3.8, 4) is 0 Å². The molecule has 1 unspecified atom stereocenters. The van der Waals surface area contributed by atoms with Crippen molar-refractivity contribution in [2.75, 3.05) is 30.3 Å². The maximum Gasteiger partial charge on any atom is 0.255 e. The fourth-order valence-corrected chi connectivity index (χ4v) is 3.37. The number of rotatable bonds is 7. The molecule has 0 saturated carbocycles. The number of hydrogen-bond donors (Lipinski definition) is 2. The lowest BCUT2D eigenvalue weighted by atomic mass is 10.1. The summed E-state index contributed by atoms with van der Waals surface area (Å²) in [6.45, 7) is 5.69. The van der Waals surface area contributed by atoms with Crippen LogP contribution in [0, 0.1) is 0 Å². The number of carbonyl (C=O) groups is 3. The minimum atomic E-state index is -0.437. The summed E-state index contributed by atoms with van der Waals surface area (Å²) in [4.78, 5) is 39.2. The number of nitrogens with one attached hydrogen (secondary N) is 2. The Morgan fingerprint density at radius 1 is 0.967 bits per heavy atom. The van der Waals surface area contributed by atoms with Gasteiger partial charge in [-0.05, 0) is 63.1 Å². The monoisotopic (exact) mass is 409 g/mol. The summed E-state index contributed by atoms with van der Waals surface area (Å²) < 4.78 is 5.38. The molecule has 0 radical (unpaired) electrons. The third-order valence-corrected chi connectivity index (χ3v) is 5.03. The third-order valence-electron chi connectivity index (χ3n) is 5.03. The first kappa shape index (κ1) is 21.5. The smallest absolute Gasteiger partial charge is 0.255 e. The number of nitrogens with zero attached hydrogens (tertiary/aromatic N) is 1. The predicted octanol–water partition coefficient (Wildman–Crippen LogP) is 3.54. The van der Waals surface area contributed by atoms with E-state index in [1.807, 2.05) is 13.8 Å². The number of amides is 3. The highest BCUT2D eigenvalue weighted by atomic mass is 16.5. The molecular weight excluding hydrogens is 382 g/mol. The van der Waals surface area contributed by atoms with E-state index in [-0.39, 0.29) is 17.7 Å². The lowest BCUT2D eigenvalue weighted by Gasteiger charge is -2.19. The van der Waals surface area contributed by atoms with Crippen molar-refractivity contribution in [3.05, 3.63) is 59.7 Å². The second-order valence-electron chi connectivity index (χ2n) is 7.08. The molecule has 1 aliphatic heterocycles. The molecule has 3 amide bonds. The molecule has 7 nitrogen and oxygen atoms in total. The van der Waals surface area contributed by atoms with Crippen LogP contribution in [-0.2, 0) is 9.53 Å². The van der Waals surface area contributed by atoms with Crippen LogP contribution in [0.1, 0.15) is 47.4 Å². The van der Waals surface area contributed by atoms with Crippen molar-refractivity contribution in [3.63, 3.8) is 0 Å². The van der Waals surface area contributed by atoms with E-state index in [9.17, 15) is 14.4 Å². The van der Waals surface area contributed by atoms with Crippen LogP contribution >= 0.6 is 0 Å². The summed E-state index contributed by atoms with van der Waals surface area (Å²) in [5, 5.41) is 5.62. The summed E-state index contributed by atoms with van der Waals surface area (Å²) in [6.07, 6.45) is 1.14. The highest BCUT2D eigenvalue weighted by Gasteiger charge is 2.23. The fraction of sp³-hybridized carbons (Fsp3) is 0.348. The number of benzene rings is 2. The average Bonchev–Trinajstić information content (AvgIpc) is 3.30. The van der Waals surface area contributed by atoms with E-state index in [1.165, 1.54) is 0 Å². The molecule has 1 heterocycles. The minimum Gasteiger partial charge on any atom is -0.368 e. The van der Waals surface area contributed by atoms with Gasteiger partial charge in [-0.25, -0.2) is 0 Å². The van der Waals surface area contributed by atoms with E-state index in [1.54, 1.807) is 53.4 Å². The fourth-order valence-electron chi connectivity index (χ4n) is 3.37. The van der Waals surface area contributed by atoms with Gasteiger partial charge in [-0.1, -0.05) is 12.1 Å². The molecule has 1 atom stereocenters. The molecule has 1 saturated heterocycles. The Kier molecular flexibility index (Phi) is 7.19. The van der Waals surface area contributed by atoms with Gasteiger partial charge < -0.3 is 20.3 Å². The minimum absolute atomic E-state index is 0.0741. The Hall–Kier alpha value is -3.19. The van der Waals surface area contributed by atoms with Gasteiger partial charge in [0, 0.05) is 42.2 Å². The van der Waals surface area contributed by atoms with E-state index in [0.717, 1.165) is 6.42 Å². The summed E-state index contributed by atoms with van der Waals surface area (Å²) in [6, 6.07) is 13.6. The van der Waals surface area contributed by atoms with E-state index < -0.39 is 6.10 Å². The van der Waals surface area contributed by atoms with Gasteiger partial charge >= 0.3 is 0 Å². The van der Waals surface area contributed by atoms with Crippen LogP contribution < -0.4 is 10.6 Å². The molecule has 30 heavy (non-hydrogen) atoms. The molecule has 158 valence electrons. The Morgan fingerprint density at radius 2 is 1.60 bits per heavy atom. The van der Waals surface area contributed by atoms with Crippen LogP contribution in [0.3, 0.4) is 0 Å². The summed E-state index contributed by atoms with van der Waals surface area (Å²) in [7, 11) is 0. The molecule has 7 heteroatoms. The molecule has 1 aliphatic rings. The third kappa shape index (κ3) is 5.24. The van der Waals surface area contributed by atoms with E-state index in [0.29, 0.717) is 48.6 Å². The second-order valence-corrected chi connectivity index (χ2v) is 7.08. The summed E-state index contributed by atoms with van der Waals surface area (Å²) in [5.74, 6) is -0.599. The molecule has 0 aliphatic carbocycles. The molecule has 0 spiro atoms. The van der Waals surface area contributed by atoms with Crippen LogP contribution in [0.2, 0.25) is 0 Å². The topological polar surface area (TPSA) is 87.7 Å². The Labute approximate surface area is 176 Å². The number of hydrogen-bond acceptors (Lipinski definition) is 4. The Bertz CT molecular complexity index is 918. The van der Waals surface area contributed by atoms with E-state index >= 15 is 0 Å². The van der Waals surface area contributed by atoms with Gasteiger partial charge in [-0.2, -0.15) is 0 Å².